The van der Waals surface area contributed by atoms with E-state index < -0.39 is 14.9 Å². The average Bonchev–Trinajstić information content (AvgIpc) is 2.81. The van der Waals surface area contributed by atoms with Gasteiger partial charge in [0.1, 0.15) is 0 Å². The van der Waals surface area contributed by atoms with Crippen molar-refractivity contribution in [1.29, 1.82) is 0 Å². The summed E-state index contributed by atoms with van der Waals surface area (Å²) >= 11 is 0. The van der Waals surface area contributed by atoms with Crippen molar-refractivity contribution in [2.24, 2.45) is 0 Å². The van der Waals surface area contributed by atoms with Crippen LogP contribution >= 0.6 is 12.4 Å². The van der Waals surface area contributed by atoms with Crippen molar-refractivity contribution in [3.8, 4) is 0 Å². The summed E-state index contributed by atoms with van der Waals surface area (Å²) in [5.74, 6) is 0. The molecule has 0 aromatic heterocycles. The maximum absolute atomic E-state index is 12.0. The van der Waals surface area contributed by atoms with Gasteiger partial charge in [0, 0.05) is 24.7 Å². The number of benzene rings is 1. The van der Waals surface area contributed by atoms with E-state index in [0.29, 0.717) is 6.54 Å². The van der Waals surface area contributed by atoms with E-state index in [4.69, 9.17) is 0 Å². The van der Waals surface area contributed by atoms with Crippen LogP contribution in [0.1, 0.15) is 6.42 Å². The van der Waals surface area contributed by atoms with E-state index >= 15 is 0 Å². The Kier molecular flexibility index (Phi) is 5.24. The number of nitro groups is 1. The highest BCUT2D eigenvalue weighted by molar-refractivity contribution is 7.89. The van der Waals surface area contributed by atoms with E-state index in [-0.39, 0.29) is 29.0 Å². The Morgan fingerprint density at radius 3 is 2.42 bits per heavy atom. The molecule has 0 radical (unpaired) electrons. The Balaban J connectivity index is 0.00000180. The summed E-state index contributed by atoms with van der Waals surface area (Å²) in [6.07, 6.45) is 0.742. The number of nitrogens with zero attached hydrogens (tertiary/aromatic N) is 1. The molecule has 1 saturated heterocycles. The van der Waals surface area contributed by atoms with Crippen molar-refractivity contribution in [2.45, 2.75) is 17.4 Å². The molecule has 2 N–H and O–H groups in total. The van der Waals surface area contributed by atoms with Gasteiger partial charge in [-0.15, -0.1) is 12.4 Å². The number of halogens is 1. The van der Waals surface area contributed by atoms with Gasteiger partial charge in [0.05, 0.1) is 9.82 Å². The van der Waals surface area contributed by atoms with E-state index in [9.17, 15) is 18.5 Å². The molecule has 0 spiro atoms. The molecule has 2 rings (SSSR count). The summed E-state index contributed by atoms with van der Waals surface area (Å²) in [4.78, 5) is 9.95. The lowest BCUT2D eigenvalue weighted by Crippen LogP contribution is -2.36. The van der Waals surface area contributed by atoms with Crippen molar-refractivity contribution in [2.75, 3.05) is 13.1 Å². The smallest absolute Gasteiger partial charge is 0.269 e. The van der Waals surface area contributed by atoms with Gasteiger partial charge in [0.2, 0.25) is 10.0 Å². The van der Waals surface area contributed by atoms with Gasteiger partial charge in [-0.25, -0.2) is 13.1 Å². The highest BCUT2D eigenvalue weighted by atomic mass is 35.5. The first-order valence-electron chi connectivity index (χ1n) is 5.46. The van der Waals surface area contributed by atoms with E-state index in [1.54, 1.807) is 0 Å². The predicted molar refractivity (Wildman–Crippen MR) is 71.9 cm³/mol. The minimum atomic E-state index is -3.60. The molecule has 1 heterocycles. The van der Waals surface area contributed by atoms with Crippen LogP contribution in [0.25, 0.3) is 0 Å². The third kappa shape index (κ3) is 3.87. The molecular formula is C10H14ClN3O4S. The first-order chi connectivity index (χ1) is 8.49. The number of hydrogen-bond donors (Lipinski definition) is 2. The van der Waals surface area contributed by atoms with Gasteiger partial charge in [-0.1, -0.05) is 0 Å². The number of nitro benzene ring substituents is 1. The fourth-order valence-corrected chi connectivity index (χ4v) is 3.06. The quantitative estimate of drug-likeness (QED) is 0.628. The summed E-state index contributed by atoms with van der Waals surface area (Å²) in [5.41, 5.74) is -0.128. The van der Waals surface area contributed by atoms with Gasteiger partial charge in [0.15, 0.2) is 0 Å². The molecule has 0 amide bonds. The van der Waals surface area contributed by atoms with Crippen molar-refractivity contribution in [1.82, 2.24) is 10.0 Å². The molecule has 1 atom stereocenters. The highest BCUT2D eigenvalue weighted by Gasteiger charge is 2.23. The second-order valence-corrected chi connectivity index (χ2v) is 5.78. The molecule has 0 saturated carbocycles. The van der Waals surface area contributed by atoms with Crippen LogP contribution in [0.5, 0.6) is 0 Å². The molecule has 9 heteroatoms. The van der Waals surface area contributed by atoms with Crippen molar-refractivity contribution >= 4 is 28.1 Å². The summed E-state index contributed by atoms with van der Waals surface area (Å²) in [5, 5.41) is 13.5. The fourth-order valence-electron chi connectivity index (χ4n) is 1.79. The molecule has 0 bridgehead atoms. The molecule has 19 heavy (non-hydrogen) atoms. The van der Waals surface area contributed by atoms with E-state index in [1.807, 2.05) is 0 Å². The highest BCUT2D eigenvalue weighted by Crippen LogP contribution is 2.16. The van der Waals surface area contributed by atoms with Crippen LogP contribution in [0.2, 0.25) is 0 Å². The van der Waals surface area contributed by atoms with Crippen LogP contribution in [-0.2, 0) is 10.0 Å². The molecular weight excluding hydrogens is 294 g/mol. The number of non-ortho nitro benzene ring substituents is 1. The number of hydrogen-bond acceptors (Lipinski definition) is 5. The Morgan fingerprint density at radius 2 is 1.95 bits per heavy atom. The van der Waals surface area contributed by atoms with Gasteiger partial charge >= 0.3 is 0 Å². The first-order valence-corrected chi connectivity index (χ1v) is 6.95. The second-order valence-electron chi connectivity index (χ2n) is 4.06. The average molecular weight is 308 g/mol. The predicted octanol–water partition coefficient (Wildman–Crippen LogP) is 0.657. The third-order valence-corrected chi connectivity index (χ3v) is 4.28. The minimum absolute atomic E-state index is 0. The Morgan fingerprint density at radius 1 is 1.32 bits per heavy atom. The molecule has 0 aliphatic carbocycles. The summed E-state index contributed by atoms with van der Waals surface area (Å²) in [6.45, 7) is 1.39. The standard InChI is InChI=1S/C10H13N3O4S.ClH/c14-13(15)9-1-3-10(4-2-9)18(16,17)12-8-5-6-11-7-8;/h1-4,8,11-12H,5-7H2;1H. The van der Waals surface area contributed by atoms with Gasteiger partial charge in [-0.3, -0.25) is 10.1 Å². The molecule has 1 unspecified atom stereocenters. The minimum Gasteiger partial charge on any atom is -0.315 e. The molecule has 1 aromatic carbocycles. The van der Waals surface area contributed by atoms with Crippen molar-refractivity contribution in [3.63, 3.8) is 0 Å². The normalized spacial score (nSPS) is 18.8. The lowest BCUT2D eigenvalue weighted by atomic mass is 10.3. The summed E-state index contributed by atoms with van der Waals surface area (Å²) in [6, 6.07) is 4.72. The zero-order valence-corrected chi connectivity index (χ0v) is 11.5. The van der Waals surface area contributed by atoms with E-state index in [1.165, 1.54) is 24.3 Å². The van der Waals surface area contributed by atoms with Crippen LogP contribution in [0.3, 0.4) is 0 Å². The van der Waals surface area contributed by atoms with Gasteiger partial charge in [-0.2, -0.15) is 0 Å². The van der Waals surface area contributed by atoms with Crippen LogP contribution < -0.4 is 10.0 Å². The monoisotopic (exact) mass is 307 g/mol. The summed E-state index contributed by atoms with van der Waals surface area (Å²) < 4.78 is 26.5. The van der Waals surface area contributed by atoms with Crippen molar-refractivity contribution < 1.29 is 13.3 Å². The van der Waals surface area contributed by atoms with Crippen LogP contribution in [0.15, 0.2) is 29.2 Å². The maximum atomic E-state index is 12.0. The zero-order chi connectivity index (χ0) is 13.2. The maximum Gasteiger partial charge on any atom is 0.269 e. The molecule has 1 aliphatic rings. The number of nitrogens with one attached hydrogen (secondary N) is 2. The Hall–Kier alpha value is -1.22. The SMILES string of the molecule is Cl.O=[N+]([O-])c1ccc(S(=O)(=O)NC2CCNC2)cc1. The topological polar surface area (TPSA) is 101 Å². The largest absolute Gasteiger partial charge is 0.315 e. The Labute approximate surface area is 117 Å². The number of rotatable bonds is 4. The van der Waals surface area contributed by atoms with Gasteiger partial charge < -0.3 is 5.32 Å². The molecule has 1 aliphatic heterocycles. The van der Waals surface area contributed by atoms with Gasteiger partial charge in [0.25, 0.3) is 5.69 Å². The lowest BCUT2D eigenvalue weighted by molar-refractivity contribution is -0.384. The summed E-state index contributed by atoms with van der Waals surface area (Å²) in [7, 11) is -3.60. The Bertz CT molecular complexity index is 540. The molecule has 1 aromatic rings. The van der Waals surface area contributed by atoms with E-state index in [0.717, 1.165) is 13.0 Å². The van der Waals surface area contributed by atoms with E-state index in [2.05, 4.69) is 10.0 Å². The zero-order valence-electron chi connectivity index (χ0n) is 9.90. The molecule has 1 fully saturated rings. The van der Waals surface area contributed by atoms with Crippen LogP contribution in [0, 0.1) is 10.1 Å². The van der Waals surface area contributed by atoms with Crippen LogP contribution in [0.4, 0.5) is 5.69 Å². The number of sulfonamides is 1. The first kappa shape index (κ1) is 15.8. The molecule has 7 nitrogen and oxygen atoms in total. The fraction of sp³-hybridized carbons (Fsp3) is 0.400. The van der Waals surface area contributed by atoms with Gasteiger partial charge in [-0.05, 0) is 25.1 Å². The lowest BCUT2D eigenvalue weighted by Gasteiger charge is -2.11. The van der Waals surface area contributed by atoms with Crippen molar-refractivity contribution in [3.05, 3.63) is 34.4 Å². The molecule has 106 valence electrons. The van der Waals surface area contributed by atoms with Crippen LogP contribution in [-0.4, -0.2) is 32.5 Å². The second kappa shape index (κ2) is 6.29. The third-order valence-electron chi connectivity index (χ3n) is 2.74.